The minimum absolute atomic E-state index is 0.0264. The van der Waals surface area contributed by atoms with Gasteiger partial charge in [0, 0.05) is 11.1 Å². The summed E-state index contributed by atoms with van der Waals surface area (Å²) in [7, 11) is 0. The SMILES string of the molecule is FC(F)(F)C1=Cc2c(cccc2OCc2ccccc2)CC1. The minimum Gasteiger partial charge on any atom is -0.488 e. The first-order valence-electron chi connectivity index (χ1n) is 7.10. The van der Waals surface area contributed by atoms with Crippen molar-refractivity contribution >= 4 is 6.08 Å². The number of halogens is 3. The second-order valence-electron chi connectivity index (χ2n) is 5.27. The Bertz CT molecular complexity index is 687. The van der Waals surface area contributed by atoms with Gasteiger partial charge >= 0.3 is 6.18 Å². The molecule has 0 aliphatic heterocycles. The second kappa shape index (κ2) is 5.87. The van der Waals surface area contributed by atoms with E-state index in [9.17, 15) is 13.2 Å². The van der Waals surface area contributed by atoms with Crippen LogP contribution in [-0.2, 0) is 13.0 Å². The second-order valence-corrected chi connectivity index (χ2v) is 5.27. The molecular weight excluding hydrogens is 289 g/mol. The molecule has 0 aromatic heterocycles. The van der Waals surface area contributed by atoms with Crippen molar-refractivity contribution in [1.29, 1.82) is 0 Å². The van der Waals surface area contributed by atoms with E-state index in [0.717, 1.165) is 11.1 Å². The summed E-state index contributed by atoms with van der Waals surface area (Å²) in [5.41, 5.74) is 1.95. The molecule has 0 bridgehead atoms. The first-order valence-corrected chi connectivity index (χ1v) is 7.10. The Morgan fingerprint density at radius 3 is 2.41 bits per heavy atom. The quantitative estimate of drug-likeness (QED) is 0.761. The molecule has 2 aromatic carbocycles. The number of rotatable bonds is 3. The standard InChI is InChI=1S/C18H15F3O/c19-18(20,21)15-10-9-14-7-4-8-17(16(14)11-15)22-12-13-5-2-1-3-6-13/h1-8,11H,9-10,12H2. The van der Waals surface area contributed by atoms with Crippen molar-refractivity contribution in [2.45, 2.75) is 25.6 Å². The van der Waals surface area contributed by atoms with Crippen LogP contribution in [-0.4, -0.2) is 6.18 Å². The highest BCUT2D eigenvalue weighted by atomic mass is 19.4. The molecule has 1 aliphatic carbocycles. The fourth-order valence-corrected chi connectivity index (χ4v) is 2.57. The Kier molecular flexibility index (Phi) is 3.92. The molecule has 0 saturated heterocycles. The number of benzene rings is 2. The summed E-state index contributed by atoms with van der Waals surface area (Å²) in [5.74, 6) is 0.503. The third kappa shape index (κ3) is 3.16. The van der Waals surface area contributed by atoms with Crippen LogP contribution in [0.15, 0.2) is 54.1 Å². The topological polar surface area (TPSA) is 9.23 Å². The van der Waals surface area contributed by atoms with Gasteiger partial charge in [-0.1, -0.05) is 42.5 Å². The van der Waals surface area contributed by atoms with Gasteiger partial charge in [-0.15, -0.1) is 0 Å². The molecule has 0 amide bonds. The van der Waals surface area contributed by atoms with Crippen LogP contribution in [0, 0.1) is 0 Å². The van der Waals surface area contributed by atoms with Crippen LogP contribution in [0.5, 0.6) is 5.75 Å². The Balaban J connectivity index is 1.87. The fourth-order valence-electron chi connectivity index (χ4n) is 2.57. The van der Waals surface area contributed by atoms with Gasteiger partial charge in [0.25, 0.3) is 0 Å². The van der Waals surface area contributed by atoms with Gasteiger partial charge in [-0.2, -0.15) is 13.2 Å². The summed E-state index contributed by atoms with van der Waals surface area (Å²) >= 11 is 0. The molecule has 2 aromatic rings. The number of allylic oxidation sites excluding steroid dienone is 1. The molecule has 4 heteroatoms. The van der Waals surface area contributed by atoms with Crippen LogP contribution in [0.3, 0.4) is 0 Å². The van der Waals surface area contributed by atoms with Crippen LogP contribution < -0.4 is 4.74 Å². The van der Waals surface area contributed by atoms with Crippen molar-refractivity contribution < 1.29 is 17.9 Å². The molecule has 1 aliphatic rings. The maximum absolute atomic E-state index is 12.9. The van der Waals surface area contributed by atoms with Gasteiger partial charge in [-0.05, 0) is 36.1 Å². The molecule has 0 unspecified atom stereocenters. The van der Waals surface area contributed by atoms with E-state index in [4.69, 9.17) is 4.74 Å². The lowest BCUT2D eigenvalue weighted by molar-refractivity contribution is -0.0931. The van der Waals surface area contributed by atoms with E-state index in [1.807, 2.05) is 42.5 Å². The zero-order valence-corrected chi connectivity index (χ0v) is 11.9. The van der Waals surface area contributed by atoms with Crippen LogP contribution in [0.25, 0.3) is 6.08 Å². The number of hydrogen-bond acceptors (Lipinski definition) is 1. The molecule has 0 saturated carbocycles. The summed E-state index contributed by atoms with van der Waals surface area (Å²) in [6.07, 6.45) is -2.63. The first-order chi connectivity index (χ1) is 10.5. The lowest BCUT2D eigenvalue weighted by Gasteiger charge is -2.21. The fraction of sp³-hybridized carbons (Fsp3) is 0.222. The molecule has 0 N–H and O–H groups in total. The lowest BCUT2D eigenvalue weighted by atomic mass is 9.91. The largest absolute Gasteiger partial charge is 0.488 e. The minimum atomic E-state index is -4.27. The first kappa shape index (κ1) is 14.7. The lowest BCUT2D eigenvalue weighted by Crippen LogP contribution is -2.15. The van der Waals surface area contributed by atoms with E-state index in [2.05, 4.69) is 0 Å². The predicted molar refractivity (Wildman–Crippen MR) is 79.6 cm³/mol. The van der Waals surface area contributed by atoms with Gasteiger partial charge in [0.1, 0.15) is 12.4 Å². The number of ether oxygens (including phenoxy) is 1. The zero-order valence-electron chi connectivity index (χ0n) is 11.9. The van der Waals surface area contributed by atoms with E-state index in [1.165, 1.54) is 6.08 Å². The summed E-state index contributed by atoms with van der Waals surface area (Å²) in [5, 5.41) is 0. The summed E-state index contributed by atoms with van der Waals surface area (Å²) in [6.45, 7) is 0.340. The zero-order chi connectivity index (χ0) is 15.6. The number of fused-ring (bicyclic) bond motifs is 1. The van der Waals surface area contributed by atoms with Gasteiger partial charge < -0.3 is 4.74 Å². The summed E-state index contributed by atoms with van der Waals surface area (Å²) in [4.78, 5) is 0. The van der Waals surface area contributed by atoms with Crippen molar-refractivity contribution in [2.75, 3.05) is 0 Å². The molecule has 0 radical (unpaired) electrons. The van der Waals surface area contributed by atoms with Crippen molar-refractivity contribution in [3.63, 3.8) is 0 Å². The van der Waals surface area contributed by atoms with Gasteiger partial charge in [-0.25, -0.2) is 0 Å². The van der Waals surface area contributed by atoms with Crippen molar-refractivity contribution in [1.82, 2.24) is 0 Å². The highest BCUT2D eigenvalue weighted by Gasteiger charge is 2.35. The Morgan fingerprint density at radius 1 is 0.909 bits per heavy atom. The summed E-state index contributed by atoms with van der Waals surface area (Å²) in [6, 6.07) is 15.0. The number of alkyl halides is 3. The van der Waals surface area contributed by atoms with Gasteiger partial charge in [0.2, 0.25) is 0 Å². The van der Waals surface area contributed by atoms with E-state index in [0.29, 0.717) is 24.3 Å². The number of hydrogen-bond donors (Lipinski definition) is 0. The Hall–Kier alpha value is -2.23. The molecule has 1 nitrogen and oxygen atoms in total. The monoisotopic (exact) mass is 304 g/mol. The molecule has 0 fully saturated rings. The average molecular weight is 304 g/mol. The maximum Gasteiger partial charge on any atom is 0.412 e. The van der Waals surface area contributed by atoms with E-state index >= 15 is 0 Å². The number of aryl methyl sites for hydroxylation is 1. The highest BCUT2D eigenvalue weighted by molar-refractivity contribution is 5.66. The molecule has 22 heavy (non-hydrogen) atoms. The molecule has 0 atom stereocenters. The third-order valence-corrected chi connectivity index (χ3v) is 3.74. The van der Waals surface area contributed by atoms with E-state index in [1.54, 1.807) is 6.07 Å². The van der Waals surface area contributed by atoms with Gasteiger partial charge in [0.15, 0.2) is 0 Å². The Morgan fingerprint density at radius 2 is 1.68 bits per heavy atom. The average Bonchev–Trinajstić information content (AvgIpc) is 2.52. The van der Waals surface area contributed by atoms with E-state index < -0.39 is 11.7 Å². The predicted octanol–water partition coefficient (Wildman–Crippen LogP) is 5.16. The third-order valence-electron chi connectivity index (χ3n) is 3.74. The van der Waals surface area contributed by atoms with Gasteiger partial charge in [0.05, 0.1) is 0 Å². The van der Waals surface area contributed by atoms with Crippen molar-refractivity contribution in [3.8, 4) is 5.75 Å². The molecule has 114 valence electrons. The van der Waals surface area contributed by atoms with Crippen LogP contribution in [0.2, 0.25) is 0 Å². The van der Waals surface area contributed by atoms with Gasteiger partial charge in [-0.3, -0.25) is 0 Å². The van der Waals surface area contributed by atoms with Crippen LogP contribution >= 0.6 is 0 Å². The molecule has 3 rings (SSSR count). The molecular formula is C18H15F3O. The normalized spacial score (nSPS) is 14.2. The van der Waals surface area contributed by atoms with Crippen molar-refractivity contribution in [2.24, 2.45) is 0 Å². The Labute approximate surface area is 127 Å². The molecule has 0 heterocycles. The highest BCUT2D eigenvalue weighted by Crippen LogP contribution is 2.38. The maximum atomic E-state index is 12.9. The smallest absolute Gasteiger partial charge is 0.412 e. The van der Waals surface area contributed by atoms with Crippen molar-refractivity contribution in [3.05, 3.63) is 70.8 Å². The van der Waals surface area contributed by atoms with E-state index in [-0.39, 0.29) is 6.42 Å². The van der Waals surface area contributed by atoms with Crippen LogP contribution in [0.1, 0.15) is 23.1 Å². The summed E-state index contributed by atoms with van der Waals surface area (Å²) < 4.78 is 44.5. The molecule has 0 spiro atoms. The van der Waals surface area contributed by atoms with Crippen LogP contribution in [0.4, 0.5) is 13.2 Å².